The van der Waals surface area contributed by atoms with E-state index >= 15 is 0 Å². The quantitative estimate of drug-likeness (QED) is 0.509. The first-order chi connectivity index (χ1) is 7.69. The maximum atomic E-state index is 11.5. The minimum absolute atomic E-state index is 0.433. The third kappa shape index (κ3) is 3.22. The van der Waals surface area contributed by atoms with Crippen LogP contribution in [0.4, 0.5) is 0 Å². The van der Waals surface area contributed by atoms with Crippen LogP contribution in [0.3, 0.4) is 0 Å². The van der Waals surface area contributed by atoms with Crippen LogP contribution in [0.25, 0.3) is 0 Å². The van der Waals surface area contributed by atoms with Crippen LogP contribution >= 0.6 is 0 Å². The summed E-state index contributed by atoms with van der Waals surface area (Å²) < 4.78 is 10.0. The van der Waals surface area contributed by atoms with E-state index in [-0.39, 0.29) is 0 Å². The number of hydrogen-bond acceptors (Lipinski definition) is 4. The minimum atomic E-state index is -0.773. The van der Waals surface area contributed by atoms with Gasteiger partial charge in [0, 0.05) is 0 Å². The van der Waals surface area contributed by atoms with Crippen molar-refractivity contribution in [1.29, 1.82) is 0 Å². The van der Waals surface area contributed by atoms with E-state index in [1.807, 2.05) is 0 Å². The Labute approximate surface area is 94.9 Å². The summed E-state index contributed by atoms with van der Waals surface area (Å²) in [5.41, 5.74) is 0. The molecule has 0 spiro atoms. The number of esters is 2. The summed E-state index contributed by atoms with van der Waals surface area (Å²) in [5.74, 6) is -0.925. The molecule has 0 amide bonds. The predicted molar refractivity (Wildman–Crippen MR) is 58.6 cm³/mol. The average molecular weight is 224 g/mol. The molecule has 1 heterocycles. The number of hydrogen-bond donors (Lipinski definition) is 0. The topological polar surface area (TPSA) is 52.6 Å². The summed E-state index contributed by atoms with van der Waals surface area (Å²) >= 11 is 0. The lowest BCUT2D eigenvalue weighted by Gasteiger charge is -2.27. The SMILES string of the molecule is C=CCCC1OC(=O)C(CCC=C)OC1=O. The van der Waals surface area contributed by atoms with Crippen LogP contribution in [-0.2, 0) is 19.1 Å². The van der Waals surface area contributed by atoms with Crippen molar-refractivity contribution in [3.05, 3.63) is 25.3 Å². The molecule has 1 rings (SSSR count). The molecule has 1 aliphatic heterocycles. The number of carbonyl (C=O) groups excluding carboxylic acids is 2. The summed E-state index contributed by atoms with van der Waals surface area (Å²) in [7, 11) is 0. The van der Waals surface area contributed by atoms with Crippen LogP contribution in [0, 0.1) is 0 Å². The van der Waals surface area contributed by atoms with E-state index in [9.17, 15) is 9.59 Å². The second-order valence-corrected chi connectivity index (χ2v) is 3.58. The van der Waals surface area contributed by atoms with Crippen LogP contribution in [0.1, 0.15) is 25.7 Å². The summed E-state index contributed by atoms with van der Waals surface area (Å²) in [6, 6.07) is 0. The lowest BCUT2D eigenvalue weighted by atomic mass is 10.1. The van der Waals surface area contributed by atoms with Gasteiger partial charge in [-0.2, -0.15) is 0 Å². The molecule has 88 valence electrons. The Morgan fingerprint density at radius 3 is 1.62 bits per heavy atom. The number of ether oxygens (including phenoxy) is 2. The Kier molecular flexibility index (Phi) is 4.76. The van der Waals surface area contributed by atoms with Crippen molar-refractivity contribution in [2.75, 3.05) is 0 Å². The Hall–Kier alpha value is -1.58. The first-order valence-corrected chi connectivity index (χ1v) is 5.31. The van der Waals surface area contributed by atoms with Crippen molar-refractivity contribution in [2.24, 2.45) is 0 Å². The first kappa shape index (κ1) is 12.5. The number of allylic oxidation sites excluding steroid dienone is 2. The summed E-state index contributed by atoms with van der Waals surface area (Å²) in [5, 5.41) is 0. The molecule has 2 atom stereocenters. The lowest BCUT2D eigenvalue weighted by molar-refractivity contribution is -0.195. The van der Waals surface area contributed by atoms with E-state index in [4.69, 9.17) is 9.47 Å². The van der Waals surface area contributed by atoms with Gasteiger partial charge in [0.1, 0.15) is 0 Å². The molecular formula is C12H16O4. The van der Waals surface area contributed by atoms with E-state index < -0.39 is 24.1 Å². The molecule has 0 bridgehead atoms. The second kappa shape index (κ2) is 6.10. The highest BCUT2D eigenvalue weighted by Crippen LogP contribution is 2.18. The van der Waals surface area contributed by atoms with E-state index in [1.165, 1.54) is 0 Å². The highest BCUT2D eigenvalue weighted by Gasteiger charge is 2.36. The molecule has 0 aromatic rings. The maximum absolute atomic E-state index is 11.5. The fraction of sp³-hybridized carbons (Fsp3) is 0.500. The molecule has 4 nitrogen and oxygen atoms in total. The standard InChI is InChI=1S/C12H16O4/c1-3-5-7-9-11(13)16-10(8-6-4-2)12(14)15-9/h3-4,9-10H,1-2,5-8H2. The monoisotopic (exact) mass is 224 g/mol. The van der Waals surface area contributed by atoms with Crippen molar-refractivity contribution in [3.63, 3.8) is 0 Å². The van der Waals surface area contributed by atoms with Gasteiger partial charge < -0.3 is 9.47 Å². The highest BCUT2D eigenvalue weighted by atomic mass is 16.6. The van der Waals surface area contributed by atoms with Gasteiger partial charge in [-0.15, -0.1) is 13.2 Å². The molecule has 0 radical (unpaired) electrons. The molecule has 0 aliphatic carbocycles. The van der Waals surface area contributed by atoms with Gasteiger partial charge in [-0.05, 0) is 25.7 Å². The third-order valence-electron chi connectivity index (χ3n) is 2.31. The number of cyclic esters (lactones) is 2. The van der Waals surface area contributed by atoms with Crippen molar-refractivity contribution >= 4 is 11.9 Å². The van der Waals surface area contributed by atoms with E-state index in [0.29, 0.717) is 25.7 Å². The highest BCUT2D eigenvalue weighted by molar-refractivity contribution is 5.87. The molecule has 16 heavy (non-hydrogen) atoms. The van der Waals surface area contributed by atoms with Gasteiger partial charge in [-0.3, -0.25) is 0 Å². The van der Waals surface area contributed by atoms with E-state index in [1.54, 1.807) is 12.2 Å². The van der Waals surface area contributed by atoms with Gasteiger partial charge in [-0.1, -0.05) is 12.2 Å². The van der Waals surface area contributed by atoms with E-state index in [2.05, 4.69) is 13.2 Å². The van der Waals surface area contributed by atoms with Crippen molar-refractivity contribution < 1.29 is 19.1 Å². The average Bonchev–Trinajstić information content (AvgIpc) is 2.28. The Bertz CT molecular complexity index is 265. The zero-order valence-electron chi connectivity index (χ0n) is 9.19. The first-order valence-electron chi connectivity index (χ1n) is 5.31. The largest absolute Gasteiger partial charge is 0.448 e. The zero-order valence-corrected chi connectivity index (χ0v) is 9.19. The molecule has 2 unspecified atom stereocenters. The van der Waals surface area contributed by atoms with Crippen molar-refractivity contribution in [2.45, 2.75) is 37.9 Å². The van der Waals surface area contributed by atoms with Crippen LogP contribution in [0.5, 0.6) is 0 Å². The van der Waals surface area contributed by atoms with E-state index in [0.717, 1.165) is 0 Å². The lowest BCUT2D eigenvalue weighted by Crippen LogP contribution is -2.43. The van der Waals surface area contributed by atoms with Gasteiger partial charge in [0.15, 0.2) is 12.2 Å². The summed E-state index contributed by atoms with van der Waals surface area (Å²) in [4.78, 5) is 22.9. The van der Waals surface area contributed by atoms with Crippen LogP contribution in [0.15, 0.2) is 25.3 Å². The van der Waals surface area contributed by atoms with Crippen molar-refractivity contribution in [1.82, 2.24) is 0 Å². The summed E-state index contributed by atoms with van der Waals surface area (Å²) in [6.45, 7) is 7.08. The Balaban J connectivity index is 2.49. The molecule has 0 aromatic carbocycles. The predicted octanol–water partition coefficient (Wildman–Crippen LogP) is 1.76. The zero-order chi connectivity index (χ0) is 12.0. The van der Waals surface area contributed by atoms with Gasteiger partial charge >= 0.3 is 11.9 Å². The Morgan fingerprint density at radius 2 is 1.31 bits per heavy atom. The van der Waals surface area contributed by atoms with Gasteiger partial charge in [0.25, 0.3) is 0 Å². The molecule has 0 saturated carbocycles. The molecule has 1 aliphatic rings. The third-order valence-corrected chi connectivity index (χ3v) is 2.31. The summed E-state index contributed by atoms with van der Waals surface area (Å²) in [6.07, 6.45) is 3.89. The maximum Gasteiger partial charge on any atom is 0.348 e. The van der Waals surface area contributed by atoms with Crippen LogP contribution < -0.4 is 0 Å². The van der Waals surface area contributed by atoms with Crippen LogP contribution in [-0.4, -0.2) is 24.1 Å². The molecular weight excluding hydrogens is 208 g/mol. The molecule has 4 heteroatoms. The van der Waals surface area contributed by atoms with Gasteiger partial charge in [0.2, 0.25) is 0 Å². The second-order valence-electron chi connectivity index (χ2n) is 3.58. The molecule has 1 saturated heterocycles. The Morgan fingerprint density at radius 1 is 0.938 bits per heavy atom. The smallest absolute Gasteiger partial charge is 0.348 e. The number of carbonyl (C=O) groups is 2. The minimum Gasteiger partial charge on any atom is -0.448 e. The van der Waals surface area contributed by atoms with Gasteiger partial charge in [0.05, 0.1) is 0 Å². The molecule has 0 aromatic heterocycles. The van der Waals surface area contributed by atoms with Gasteiger partial charge in [-0.25, -0.2) is 9.59 Å². The number of rotatable bonds is 6. The molecule has 0 N–H and O–H groups in total. The fourth-order valence-corrected chi connectivity index (χ4v) is 1.42. The molecule has 1 fully saturated rings. The fourth-order valence-electron chi connectivity index (χ4n) is 1.42. The normalized spacial score (nSPS) is 24.5. The van der Waals surface area contributed by atoms with Crippen molar-refractivity contribution in [3.8, 4) is 0 Å². The van der Waals surface area contributed by atoms with Crippen LogP contribution in [0.2, 0.25) is 0 Å².